The minimum atomic E-state index is -0.621. The fourth-order valence-corrected chi connectivity index (χ4v) is 4.52. The molecule has 186 valence electrons. The third kappa shape index (κ3) is 4.68. The molecule has 4 aromatic rings. The van der Waals surface area contributed by atoms with Gasteiger partial charge in [-0.2, -0.15) is 0 Å². The number of hydrogen-bond donors (Lipinski definition) is 1. The molecule has 0 radical (unpaired) electrons. The van der Waals surface area contributed by atoms with Crippen molar-refractivity contribution in [1.82, 2.24) is 5.32 Å². The van der Waals surface area contributed by atoms with Crippen LogP contribution in [0.25, 0.3) is 33.4 Å². The third-order valence-corrected chi connectivity index (χ3v) is 6.21. The molecule has 6 heteroatoms. The molecule has 0 unspecified atom stereocenters. The van der Waals surface area contributed by atoms with Crippen molar-refractivity contribution < 1.29 is 22.8 Å². The average Bonchev–Trinajstić information content (AvgIpc) is 3.19. The molecule has 0 aliphatic rings. The first-order chi connectivity index (χ1) is 16.9. The normalized spacial score (nSPS) is 11.7. The Morgan fingerprint density at radius 2 is 1.58 bits per heavy atom. The van der Waals surface area contributed by atoms with Crippen molar-refractivity contribution in [3.05, 3.63) is 82.4 Å². The maximum atomic E-state index is 16.2. The molecular formula is C30H29F2NO3. The Morgan fingerprint density at radius 3 is 2.19 bits per heavy atom. The Balaban J connectivity index is 1.95. The second-order valence-electron chi connectivity index (χ2n) is 10.3. The molecule has 1 aromatic heterocycles. The molecule has 4 nitrogen and oxygen atoms in total. The highest BCUT2D eigenvalue weighted by molar-refractivity contribution is 6.12. The lowest BCUT2D eigenvalue weighted by Gasteiger charge is -2.19. The number of amides is 1. The Hall–Kier alpha value is -3.80. The van der Waals surface area contributed by atoms with Crippen LogP contribution in [0.4, 0.5) is 8.78 Å². The van der Waals surface area contributed by atoms with Crippen LogP contribution >= 0.6 is 0 Å². The van der Waals surface area contributed by atoms with Crippen LogP contribution in [0.3, 0.4) is 0 Å². The van der Waals surface area contributed by atoms with E-state index in [0.717, 1.165) is 11.1 Å². The van der Waals surface area contributed by atoms with Crippen LogP contribution in [-0.4, -0.2) is 18.7 Å². The molecular weight excluding hydrogens is 460 g/mol. The van der Waals surface area contributed by atoms with Crippen LogP contribution in [0, 0.1) is 30.9 Å². The van der Waals surface area contributed by atoms with E-state index in [2.05, 4.69) is 5.32 Å². The van der Waals surface area contributed by atoms with E-state index in [1.807, 2.05) is 40.7 Å². The zero-order valence-corrected chi connectivity index (χ0v) is 21.3. The maximum Gasteiger partial charge on any atom is 0.255 e. The van der Waals surface area contributed by atoms with Gasteiger partial charge in [-0.3, -0.25) is 9.59 Å². The molecule has 0 saturated carbocycles. The summed E-state index contributed by atoms with van der Waals surface area (Å²) in [5, 5.41) is 2.58. The summed E-state index contributed by atoms with van der Waals surface area (Å²) < 4.78 is 35.6. The van der Waals surface area contributed by atoms with Crippen LogP contribution in [0.5, 0.6) is 0 Å². The zero-order valence-electron chi connectivity index (χ0n) is 21.3. The Bertz CT molecular complexity index is 1490. The van der Waals surface area contributed by atoms with E-state index >= 15 is 4.39 Å². The molecule has 36 heavy (non-hydrogen) atoms. The summed E-state index contributed by atoms with van der Waals surface area (Å²) in [5.74, 6) is -1.43. The smallest absolute Gasteiger partial charge is 0.255 e. The standard InChI is InChI=1S/C30H29F2NO3/c1-16-13-17(2)22(23(34)15-30(3,4)5)14-21(16)20-11-12-24-25(27(20)32)26(29(35)33-6)28(36-24)18-7-9-19(31)10-8-18/h7-14H,15H2,1-6H3,(H,33,35). The van der Waals surface area contributed by atoms with Crippen LogP contribution in [0.2, 0.25) is 0 Å². The number of aryl methyl sites for hydroxylation is 2. The summed E-state index contributed by atoms with van der Waals surface area (Å²) in [6.45, 7) is 9.74. The molecule has 3 aromatic carbocycles. The third-order valence-electron chi connectivity index (χ3n) is 6.21. The van der Waals surface area contributed by atoms with Crippen LogP contribution in [0.15, 0.2) is 52.9 Å². The number of halogens is 2. The molecule has 4 rings (SSSR count). The van der Waals surface area contributed by atoms with Crippen LogP contribution in [0.1, 0.15) is 59.0 Å². The van der Waals surface area contributed by atoms with E-state index in [1.165, 1.54) is 31.3 Å². The Labute approximate surface area is 209 Å². The quantitative estimate of drug-likeness (QED) is 0.293. The highest BCUT2D eigenvalue weighted by Crippen LogP contribution is 2.40. The van der Waals surface area contributed by atoms with Gasteiger partial charge in [0.05, 0.1) is 10.9 Å². The van der Waals surface area contributed by atoms with Gasteiger partial charge < -0.3 is 9.73 Å². The number of fused-ring (bicyclic) bond motifs is 1. The summed E-state index contributed by atoms with van der Waals surface area (Å²) >= 11 is 0. The van der Waals surface area contributed by atoms with Gasteiger partial charge in [0.2, 0.25) is 0 Å². The summed E-state index contributed by atoms with van der Waals surface area (Å²) in [4.78, 5) is 25.9. The van der Waals surface area contributed by atoms with Crippen molar-refractivity contribution in [2.75, 3.05) is 7.05 Å². The molecule has 0 bridgehead atoms. The fourth-order valence-electron chi connectivity index (χ4n) is 4.52. The number of hydrogen-bond acceptors (Lipinski definition) is 3. The lowest BCUT2D eigenvalue weighted by atomic mass is 9.85. The largest absolute Gasteiger partial charge is 0.455 e. The number of carbonyl (C=O) groups is 2. The van der Waals surface area contributed by atoms with E-state index in [9.17, 15) is 14.0 Å². The van der Waals surface area contributed by atoms with Crippen LogP contribution in [-0.2, 0) is 0 Å². The van der Waals surface area contributed by atoms with Crippen LogP contribution < -0.4 is 5.32 Å². The maximum absolute atomic E-state index is 16.2. The molecule has 0 aliphatic heterocycles. The first-order valence-corrected chi connectivity index (χ1v) is 11.8. The topological polar surface area (TPSA) is 59.3 Å². The van der Waals surface area contributed by atoms with Crippen molar-refractivity contribution in [3.8, 4) is 22.5 Å². The predicted molar refractivity (Wildman–Crippen MR) is 138 cm³/mol. The highest BCUT2D eigenvalue weighted by Gasteiger charge is 2.27. The van der Waals surface area contributed by atoms with Gasteiger partial charge in [-0.1, -0.05) is 26.8 Å². The highest BCUT2D eigenvalue weighted by atomic mass is 19.1. The van der Waals surface area contributed by atoms with Gasteiger partial charge >= 0.3 is 0 Å². The SMILES string of the molecule is CNC(=O)c1c(-c2ccc(F)cc2)oc2ccc(-c3cc(C(=O)CC(C)(C)C)c(C)cc3C)c(F)c12. The second-order valence-corrected chi connectivity index (χ2v) is 10.3. The summed E-state index contributed by atoms with van der Waals surface area (Å²) in [6, 6.07) is 12.3. The minimum Gasteiger partial charge on any atom is -0.455 e. The van der Waals surface area contributed by atoms with E-state index in [4.69, 9.17) is 4.42 Å². The number of nitrogens with one attached hydrogen (secondary N) is 1. The van der Waals surface area contributed by atoms with Crippen molar-refractivity contribution in [2.45, 2.75) is 41.0 Å². The molecule has 0 spiro atoms. The molecule has 1 heterocycles. The number of furan rings is 1. The van der Waals surface area contributed by atoms with E-state index < -0.39 is 17.5 Å². The first kappa shape index (κ1) is 25.3. The molecule has 0 atom stereocenters. The molecule has 0 aliphatic carbocycles. The van der Waals surface area contributed by atoms with Gasteiger partial charge in [-0.15, -0.1) is 0 Å². The van der Waals surface area contributed by atoms with Crippen molar-refractivity contribution in [1.29, 1.82) is 0 Å². The van der Waals surface area contributed by atoms with E-state index in [-0.39, 0.29) is 39.1 Å². The van der Waals surface area contributed by atoms with Gasteiger partial charge in [0.15, 0.2) is 5.78 Å². The lowest BCUT2D eigenvalue weighted by Crippen LogP contribution is -2.18. The molecule has 1 N–H and O–H groups in total. The Kier molecular flexibility index (Phi) is 6.56. The predicted octanol–water partition coefficient (Wildman–Crippen LogP) is 7.64. The molecule has 1 amide bonds. The van der Waals surface area contributed by atoms with Crippen molar-refractivity contribution in [2.24, 2.45) is 5.41 Å². The number of ketones is 1. The Morgan fingerprint density at radius 1 is 0.917 bits per heavy atom. The van der Waals surface area contributed by atoms with E-state index in [0.29, 0.717) is 23.1 Å². The van der Waals surface area contributed by atoms with Gasteiger partial charge in [0.1, 0.15) is 23.0 Å². The summed E-state index contributed by atoms with van der Waals surface area (Å²) in [5.41, 5.74) is 3.53. The van der Waals surface area contributed by atoms with Crippen molar-refractivity contribution in [3.63, 3.8) is 0 Å². The average molecular weight is 490 g/mol. The fraction of sp³-hybridized carbons (Fsp3) is 0.267. The van der Waals surface area contributed by atoms with Gasteiger partial charge in [-0.05, 0) is 78.4 Å². The lowest BCUT2D eigenvalue weighted by molar-refractivity contribution is 0.0936. The summed E-state index contributed by atoms with van der Waals surface area (Å²) in [6.07, 6.45) is 0.363. The van der Waals surface area contributed by atoms with Crippen molar-refractivity contribution >= 4 is 22.7 Å². The molecule has 0 fully saturated rings. The van der Waals surface area contributed by atoms with Gasteiger partial charge in [-0.25, -0.2) is 8.78 Å². The zero-order chi connectivity index (χ0) is 26.4. The number of carbonyl (C=O) groups excluding carboxylic acids is 2. The number of benzene rings is 3. The van der Waals surface area contributed by atoms with Gasteiger partial charge in [0.25, 0.3) is 5.91 Å². The monoisotopic (exact) mass is 489 g/mol. The van der Waals surface area contributed by atoms with E-state index in [1.54, 1.807) is 18.2 Å². The number of rotatable bonds is 5. The van der Waals surface area contributed by atoms with Gasteiger partial charge in [0, 0.05) is 30.2 Å². The molecule has 0 saturated heterocycles. The summed E-state index contributed by atoms with van der Waals surface area (Å²) in [7, 11) is 1.45. The number of Topliss-reactive ketones (excluding diaryl/α,β-unsaturated/α-hetero) is 1. The second kappa shape index (κ2) is 9.34. The first-order valence-electron chi connectivity index (χ1n) is 11.8. The minimum absolute atomic E-state index is 0.00399.